The fourth-order valence-corrected chi connectivity index (χ4v) is 11.6. The number of hydrogen-bond acceptors (Lipinski definition) is 2. The highest BCUT2D eigenvalue weighted by atomic mass is 16.3. The van der Waals surface area contributed by atoms with Crippen LogP contribution >= 0.6 is 0 Å². The van der Waals surface area contributed by atoms with Gasteiger partial charge < -0.3 is 9.32 Å². The van der Waals surface area contributed by atoms with Crippen molar-refractivity contribution in [3.05, 3.63) is 282 Å². The van der Waals surface area contributed by atoms with E-state index in [2.05, 4.69) is 248 Å². The first-order valence-corrected chi connectivity index (χ1v) is 22.6. The molecule has 0 radical (unpaired) electrons. The van der Waals surface area contributed by atoms with E-state index in [0.29, 0.717) is 0 Å². The second-order valence-corrected chi connectivity index (χ2v) is 17.7. The zero-order valence-corrected chi connectivity index (χ0v) is 35.9. The number of anilines is 3. The maximum atomic E-state index is 6.34. The first-order valence-electron chi connectivity index (χ1n) is 22.6. The van der Waals surface area contributed by atoms with Crippen LogP contribution in [0.25, 0.3) is 55.3 Å². The van der Waals surface area contributed by atoms with Gasteiger partial charge in [-0.3, -0.25) is 0 Å². The van der Waals surface area contributed by atoms with Crippen molar-refractivity contribution in [2.75, 3.05) is 4.90 Å². The molecule has 0 spiro atoms. The van der Waals surface area contributed by atoms with Crippen molar-refractivity contribution in [1.82, 2.24) is 0 Å². The van der Waals surface area contributed by atoms with Gasteiger partial charge in [-0.1, -0.05) is 200 Å². The molecule has 11 aromatic rings. The zero-order valence-electron chi connectivity index (χ0n) is 35.9. The van der Waals surface area contributed by atoms with Crippen LogP contribution < -0.4 is 4.90 Å². The topological polar surface area (TPSA) is 16.4 Å². The highest BCUT2D eigenvalue weighted by Gasteiger charge is 2.47. The van der Waals surface area contributed by atoms with Crippen molar-refractivity contribution in [2.24, 2.45) is 0 Å². The number of nitrogens with zero attached hydrogens (tertiary/aromatic N) is 1. The lowest BCUT2D eigenvalue weighted by molar-refractivity contribution is 0.669. The molecule has 1 heterocycles. The normalized spacial score (nSPS) is 15.3. The quantitative estimate of drug-likeness (QED) is 0.159. The molecule has 0 saturated heterocycles. The maximum absolute atomic E-state index is 6.34. The van der Waals surface area contributed by atoms with E-state index in [1.807, 2.05) is 6.07 Å². The fraction of sp³-hybridized carbons (Fsp3) is 0.0476. The molecule has 306 valence electrons. The summed E-state index contributed by atoms with van der Waals surface area (Å²) in [5, 5.41) is 2.27. The van der Waals surface area contributed by atoms with Gasteiger partial charge in [0.25, 0.3) is 0 Å². The van der Waals surface area contributed by atoms with E-state index < -0.39 is 5.41 Å². The van der Waals surface area contributed by atoms with E-state index in [0.717, 1.165) is 50.1 Å². The standard InChI is InChI=1S/C63H43NO/c1-62(43-19-5-2-6-20-43)53-29-14-11-25-49(53)50-40-39-47(41-56(50)62)64(46-37-35-42(36-38-46)48-28-17-34-59-60(48)52-27-13-16-33-58(52)65-59)57-32-18-31-55-61(57)51-26-12-15-30-54(51)63(55,44-21-7-3-8-22-44)45-23-9-4-10-24-45/h2-41H,1H3. The van der Waals surface area contributed by atoms with Gasteiger partial charge in [0.15, 0.2) is 0 Å². The zero-order chi connectivity index (χ0) is 43.1. The smallest absolute Gasteiger partial charge is 0.136 e. The Balaban J connectivity index is 1.07. The monoisotopic (exact) mass is 829 g/mol. The molecule has 2 heteroatoms. The summed E-state index contributed by atoms with van der Waals surface area (Å²) in [5.74, 6) is 0. The number of fused-ring (bicyclic) bond motifs is 9. The Bertz CT molecular complexity index is 3570. The Kier molecular flexibility index (Phi) is 8.29. The molecule has 0 saturated carbocycles. The second kappa shape index (κ2) is 14.4. The van der Waals surface area contributed by atoms with Crippen LogP contribution in [0.4, 0.5) is 17.1 Å². The molecule has 10 aromatic carbocycles. The lowest BCUT2D eigenvalue weighted by Gasteiger charge is -2.34. The van der Waals surface area contributed by atoms with Crippen LogP contribution in [0.15, 0.2) is 247 Å². The molecule has 0 aliphatic heterocycles. The summed E-state index contributed by atoms with van der Waals surface area (Å²) in [5.41, 5.74) is 20.6. The summed E-state index contributed by atoms with van der Waals surface area (Å²) >= 11 is 0. The molecule has 1 aromatic heterocycles. The summed E-state index contributed by atoms with van der Waals surface area (Å²) in [6, 6.07) is 89.2. The van der Waals surface area contributed by atoms with Crippen LogP contribution in [0.5, 0.6) is 0 Å². The average Bonchev–Trinajstić information content (AvgIpc) is 4.00. The van der Waals surface area contributed by atoms with Crippen LogP contribution in [0.3, 0.4) is 0 Å². The largest absolute Gasteiger partial charge is 0.456 e. The summed E-state index contributed by atoms with van der Waals surface area (Å²) in [7, 11) is 0. The molecule has 0 fully saturated rings. The molecule has 0 amide bonds. The summed E-state index contributed by atoms with van der Waals surface area (Å²) < 4.78 is 6.34. The first-order chi connectivity index (χ1) is 32.1. The van der Waals surface area contributed by atoms with Gasteiger partial charge in [0.05, 0.1) is 11.1 Å². The molecule has 1 atom stereocenters. The minimum absolute atomic E-state index is 0.355. The minimum atomic E-state index is -0.530. The van der Waals surface area contributed by atoms with Crippen molar-refractivity contribution in [3.63, 3.8) is 0 Å². The van der Waals surface area contributed by atoms with Gasteiger partial charge in [0.1, 0.15) is 11.2 Å². The lowest BCUT2D eigenvalue weighted by Crippen LogP contribution is -2.28. The third kappa shape index (κ3) is 5.35. The van der Waals surface area contributed by atoms with Gasteiger partial charge in [-0.2, -0.15) is 0 Å². The van der Waals surface area contributed by atoms with Crippen LogP contribution in [0.1, 0.15) is 45.9 Å². The molecule has 0 bridgehead atoms. The van der Waals surface area contributed by atoms with Crippen molar-refractivity contribution in [1.29, 1.82) is 0 Å². The fourth-order valence-electron chi connectivity index (χ4n) is 11.6. The molecule has 2 aliphatic carbocycles. The van der Waals surface area contributed by atoms with Gasteiger partial charge >= 0.3 is 0 Å². The van der Waals surface area contributed by atoms with E-state index in [-0.39, 0.29) is 5.41 Å². The molecule has 2 aliphatic rings. The van der Waals surface area contributed by atoms with Crippen LogP contribution in [-0.2, 0) is 10.8 Å². The number of rotatable bonds is 7. The number of furan rings is 1. The van der Waals surface area contributed by atoms with Gasteiger partial charge in [-0.25, -0.2) is 0 Å². The van der Waals surface area contributed by atoms with Crippen molar-refractivity contribution in [3.8, 4) is 33.4 Å². The van der Waals surface area contributed by atoms with E-state index in [1.54, 1.807) is 0 Å². The van der Waals surface area contributed by atoms with Gasteiger partial charge in [0, 0.05) is 33.1 Å². The van der Waals surface area contributed by atoms with Crippen molar-refractivity contribution < 1.29 is 4.42 Å². The van der Waals surface area contributed by atoms with Crippen LogP contribution in [0, 0.1) is 0 Å². The van der Waals surface area contributed by atoms with E-state index in [9.17, 15) is 0 Å². The highest BCUT2D eigenvalue weighted by molar-refractivity contribution is 6.12. The van der Waals surface area contributed by atoms with Crippen molar-refractivity contribution in [2.45, 2.75) is 17.8 Å². The number of benzene rings is 10. The highest BCUT2D eigenvalue weighted by Crippen LogP contribution is 2.60. The van der Waals surface area contributed by atoms with Crippen molar-refractivity contribution >= 4 is 39.0 Å². The summed E-state index contributed by atoms with van der Waals surface area (Å²) in [6.45, 7) is 2.40. The third-order valence-electron chi connectivity index (χ3n) is 14.4. The molecular weight excluding hydrogens is 787 g/mol. The Labute approximate surface area is 379 Å². The lowest BCUT2D eigenvalue weighted by atomic mass is 9.68. The van der Waals surface area contributed by atoms with Crippen LogP contribution in [0.2, 0.25) is 0 Å². The Hall–Kier alpha value is -8.20. The Morgan fingerprint density at radius 1 is 0.369 bits per heavy atom. The molecule has 2 nitrogen and oxygen atoms in total. The summed E-state index contributed by atoms with van der Waals surface area (Å²) in [4.78, 5) is 2.51. The molecule has 13 rings (SSSR count). The predicted octanol–water partition coefficient (Wildman–Crippen LogP) is 16.4. The second-order valence-electron chi connectivity index (χ2n) is 17.7. The van der Waals surface area contributed by atoms with E-state index in [4.69, 9.17) is 4.42 Å². The minimum Gasteiger partial charge on any atom is -0.456 e. The molecule has 0 N–H and O–H groups in total. The van der Waals surface area contributed by atoms with Gasteiger partial charge in [0.2, 0.25) is 0 Å². The first kappa shape index (κ1) is 37.4. The Morgan fingerprint density at radius 3 is 1.65 bits per heavy atom. The third-order valence-corrected chi connectivity index (χ3v) is 14.4. The molecule has 65 heavy (non-hydrogen) atoms. The Morgan fingerprint density at radius 2 is 0.908 bits per heavy atom. The molecular formula is C63H43NO. The predicted molar refractivity (Wildman–Crippen MR) is 269 cm³/mol. The van der Waals surface area contributed by atoms with E-state index >= 15 is 0 Å². The number of hydrogen-bond donors (Lipinski definition) is 0. The van der Waals surface area contributed by atoms with Gasteiger partial charge in [-0.15, -0.1) is 0 Å². The van der Waals surface area contributed by atoms with Crippen LogP contribution in [-0.4, -0.2) is 0 Å². The number of para-hydroxylation sites is 1. The molecule has 1 unspecified atom stereocenters. The maximum Gasteiger partial charge on any atom is 0.136 e. The summed E-state index contributed by atoms with van der Waals surface area (Å²) in [6.07, 6.45) is 0. The average molecular weight is 830 g/mol. The SMILES string of the molecule is CC1(c2ccccc2)c2ccccc2-c2ccc(N(c3ccc(-c4cccc5oc6ccccc6c45)cc3)c3cccc4c3-c3ccccc3C4(c3ccccc3)c3ccccc3)cc21. The van der Waals surface area contributed by atoms with E-state index in [1.165, 1.54) is 61.2 Å². The van der Waals surface area contributed by atoms with Gasteiger partial charge in [-0.05, 0) is 116 Å².